The molecule has 0 aliphatic heterocycles. The quantitative estimate of drug-likeness (QED) is 0.135. The van der Waals surface area contributed by atoms with Crippen LogP contribution in [0.2, 0.25) is 0 Å². The van der Waals surface area contributed by atoms with E-state index in [1.807, 2.05) is 13.0 Å². The van der Waals surface area contributed by atoms with Crippen LogP contribution < -0.4 is 25.4 Å². The monoisotopic (exact) mass is 596 g/mol. The van der Waals surface area contributed by atoms with E-state index in [2.05, 4.69) is 20.9 Å². The highest BCUT2D eigenvalue weighted by Gasteiger charge is 2.20. The maximum Gasteiger partial charge on any atom is 0.272 e. The van der Waals surface area contributed by atoms with E-state index < -0.39 is 11.8 Å². The first-order chi connectivity index (χ1) is 20.9. The third kappa shape index (κ3) is 8.70. The third-order valence-corrected chi connectivity index (χ3v) is 7.56. The molecule has 1 heterocycles. The average Bonchev–Trinajstić information content (AvgIpc) is 3.04. The summed E-state index contributed by atoms with van der Waals surface area (Å²) in [6, 6.07) is 26.3. The smallest absolute Gasteiger partial charge is 0.272 e. The van der Waals surface area contributed by atoms with Gasteiger partial charge in [-0.1, -0.05) is 43.3 Å². The fourth-order valence-electron chi connectivity index (χ4n) is 4.03. The van der Waals surface area contributed by atoms with Crippen molar-refractivity contribution in [3.05, 3.63) is 114 Å². The number of nitrogens with one attached hydrogen (secondary N) is 3. The molecule has 0 spiro atoms. The van der Waals surface area contributed by atoms with Crippen molar-refractivity contribution >= 4 is 47.1 Å². The van der Waals surface area contributed by atoms with E-state index in [9.17, 15) is 14.4 Å². The predicted octanol–water partition coefficient (Wildman–Crippen LogP) is 6.02. The number of amides is 3. The number of carbonyl (C=O) groups excluding carboxylic acids is 3. The van der Waals surface area contributed by atoms with Crippen molar-refractivity contribution in [2.75, 3.05) is 24.9 Å². The van der Waals surface area contributed by atoms with Gasteiger partial charge in [-0.2, -0.15) is 0 Å². The van der Waals surface area contributed by atoms with Crippen molar-refractivity contribution in [2.45, 2.75) is 23.5 Å². The zero-order chi connectivity index (χ0) is 30.6. The number of carbonyl (C=O) groups is 3. The number of methoxy groups -OCH3 is 2. The van der Waals surface area contributed by atoms with Crippen LogP contribution in [-0.4, -0.2) is 42.2 Å². The summed E-state index contributed by atoms with van der Waals surface area (Å²) in [4.78, 5) is 44.4. The molecule has 0 saturated carbocycles. The summed E-state index contributed by atoms with van der Waals surface area (Å²) >= 11 is 1.38. The Hall–Kier alpha value is -5.09. The highest BCUT2D eigenvalue weighted by atomic mass is 32.2. The highest BCUT2D eigenvalue weighted by Crippen LogP contribution is 2.30. The Morgan fingerprint density at radius 1 is 0.860 bits per heavy atom. The second kappa shape index (κ2) is 15.2. The molecule has 10 heteroatoms. The van der Waals surface area contributed by atoms with Crippen molar-refractivity contribution < 1.29 is 23.9 Å². The summed E-state index contributed by atoms with van der Waals surface area (Å²) < 4.78 is 10.7. The van der Waals surface area contributed by atoms with Crippen LogP contribution in [0.5, 0.6) is 11.5 Å². The lowest BCUT2D eigenvalue weighted by Gasteiger charge is -2.16. The van der Waals surface area contributed by atoms with Crippen LogP contribution in [0.3, 0.4) is 0 Å². The number of hydrogen-bond donors (Lipinski definition) is 3. The van der Waals surface area contributed by atoms with Gasteiger partial charge in [0.2, 0.25) is 5.91 Å². The highest BCUT2D eigenvalue weighted by molar-refractivity contribution is 8.00. The van der Waals surface area contributed by atoms with E-state index in [4.69, 9.17) is 9.47 Å². The Balaban J connectivity index is 1.54. The fraction of sp³-hybridized carbons (Fsp3) is 0.152. The van der Waals surface area contributed by atoms with Gasteiger partial charge >= 0.3 is 0 Å². The summed E-state index contributed by atoms with van der Waals surface area (Å²) in [6.07, 6.45) is 3.77. The van der Waals surface area contributed by atoms with E-state index in [1.54, 1.807) is 97.2 Å². The standard InChI is InChI=1S/C33H32N4O5S/c1-4-29(33(40)37-30-15-8-9-18-34-30)43-25-14-10-13-24(21-25)35-32(39)26(36-31(38)23-11-6-5-7-12-23)19-22-16-17-27(41-2)28(20-22)42-3/h5-21,29H,4H2,1-3H3,(H,35,39)(H,36,38)(H,34,37,40)/b26-19+. The second-order valence-corrected chi connectivity index (χ2v) is 10.5. The van der Waals surface area contributed by atoms with Crippen molar-refractivity contribution in [3.63, 3.8) is 0 Å². The molecular weight excluding hydrogens is 564 g/mol. The number of aromatic nitrogens is 1. The molecule has 220 valence electrons. The molecular formula is C33H32N4O5S. The summed E-state index contributed by atoms with van der Waals surface area (Å²) in [5.74, 6) is 0.376. The molecule has 43 heavy (non-hydrogen) atoms. The Bertz CT molecular complexity index is 1600. The first kappa shape index (κ1) is 30.9. The number of benzene rings is 3. The Labute approximate surface area is 254 Å². The number of pyridine rings is 1. The van der Waals surface area contributed by atoms with Crippen LogP contribution in [0, 0.1) is 0 Å². The van der Waals surface area contributed by atoms with Crippen molar-refractivity contribution in [3.8, 4) is 11.5 Å². The SMILES string of the molecule is CCC(Sc1cccc(NC(=O)/C(=C\c2ccc(OC)c(OC)c2)NC(=O)c2ccccc2)c1)C(=O)Nc1ccccn1. The van der Waals surface area contributed by atoms with Crippen LogP contribution in [0.1, 0.15) is 29.3 Å². The van der Waals surface area contributed by atoms with Crippen LogP contribution in [0.4, 0.5) is 11.5 Å². The van der Waals surface area contributed by atoms with Gasteiger partial charge in [0, 0.05) is 22.3 Å². The molecule has 1 atom stereocenters. The first-order valence-electron chi connectivity index (χ1n) is 13.5. The zero-order valence-electron chi connectivity index (χ0n) is 24.0. The molecule has 0 aliphatic carbocycles. The maximum absolute atomic E-state index is 13.5. The van der Waals surface area contributed by atoms with Gasteiger partial charge in [0.1, 0.15) is 11.5 Å². The predicted molar refractivity (Wildman–Crippen MR) is 169 cm³/mol. The lowest BCUT2D eigenvalue weighted by Crippen LogP contribution is -2.30. The number of rotatable bonds is 12. The number of thioether (sulfide) groups is 1. The van der Waals surface area contributed by atoms with E-state index in [-0.39, 0.29) is 16.9 Å². The van der Waals surface area contributed by atoms with E-state index in [0.29, 0.717) is 40.6 Å². The van der Waals surface area contributed by atoms with Gasteiger partial charge in [-0.15, -0.1) is 11.8 Å². The van der Waals surface area contributed by atoms with Crippen molar-refractivity contribution in [1.82, 2.24) is 10.3 Å². The van der Waals surface area contributed by atoms with Gasteiger partial charge in [0.15, 0.2) is 11.5 Å². The van der Waals surface area contributed by atoms with Gasteiger partial charge in [-0.05, 0) is 72.7 Å². The fourth-order valence-corrected chi connectivity index (χ4v) is 5.04. The zero-order valence-corrected chi connectivity index (χ0v) is 24.8. The average molecular weight is 597 g/mol. The number of nitrogens with zero attached hydrogens (tertiary/aromatic N) is 1. The molecule has 4 rings (SSSR count). The number of anilines is 2. The first-order valence-corrected chi connectivity index (χ1v) is 14.4. The Kier molecular flexibility index (Phi) is 10.9. The van der Waals surface area contributed by atoms with Crippen LogP contribution in [0.15, 0.2) is 108 Å². The van der Waals surface area contributed by atoms with Gasteiger partial charge in [-0.25, -0.2) is 4.98 Å². The molecule has 0 bridgehead atoms. The molecule has 9 nitrogen and oxygen atoms in total. The molecule has 3 N–H and O–H groups in total. The Morgan fingerprint density at radius 3 is 2.33 bits per heavy atom. The lowest BCUT2D eigenvalue weighted by atomic mass is 10.1. The van der Waals surface area contributed by atoms with Gasteiger partial charge in [0.25, 0.3) is 11.8 Å². The molecule has 1 unspecified atom stereocenters. The molecule has 0 saturated heterocycles. The molecule has 0 aliphatic rings. The normalized spacial score (nSPS) is 11.7. The van der Waals surface area contributed by atoms with Gasteiger partial charge in [0.05, 0.1) is 19.5 Å². The molecule has 3 aromatic carbocycles. The summed E-state index contributed by atoms with van der Waals surface area (Å²) in [7, 11) is 3.06. The minimum Gasteiger partial charge on any atom is -0.493 e. The van der Waals surface area contributed by atoms with Crippen LogP contribution in [0.25, 0.3) is 6.08 Å². The summed E-state index contributed by atoms with van der Waals surface area (Å²) in [6.45, 7) is 1.93. The maximum atomic E-state index is 13.5. The second-order valence-electron chi connectivity index (χ2n) is 9.19. The van der Waals surface area contributed by atoms with E-state index in [0.717, 1.165) is 4.90 Å². The van der Waals surface area contributed by atoms with Crippen LogP contribution in [-0.2, 0) is 9.59 Å². The molecule has 3 amide bonds. The number of ether oxygens (including phenoxy) is 2. The molecule has 4 aromatic rings. The van der Waals surface area contributed by atoms with Crippen molar-refractivity contribution in [1.29, 1.82) is 0 Å². The third-order valence-electron chi connectivity index (χ3n) is 6.20. The Morgan fingerprint density at radius 2 is 1.63 bits per heavy atom. The van der Waals surface area contributed by atoms with Crippen LogP contribution >= 0.6 is 11.8 Å². The van der Waals surface area contributed by atoms with E-state index >= 15 is 0 Å². The molecule has 0 fully saturated rings. The minimum atomic E-state index is -0.527. The topological polar surface area (TPSA) is 119 Å². The van der Waals surface area contributed by atoms with E-state index in [1.165, 1.54) is 26.0 Å². The summed E-state index contributed by atoms with van der Waals surface area (Å²) in [5.41, 5.74) is 1.55. The molecule has 0 radical (unpaired) electrons. The van der Waals surface area contributed by atoms with Crippen molar-refractivity contribution in [2.24, 2.45) is 0 Å². The minimum absolute atomic E-state index is 0.0281. The largest absolute Gasteiger partial charge is 0.493 e. The lowest BCUT2D eigenvalue weighted by molar-refractivity contribution is -0.116. The van der Waals surface area contributed by atoms with Gasteiger partial charge in [-0.3, -0.25) is 14.4 Å². The molecule has 1 aromatic heterocycles. The number of hydrogen-bond acceptors (Lipinski definition) is 7. The van der Waals surface area contributed by atoms with Gasteiger partial charge < -0.3 is 25.4 Å². The summed E-state index contributed by atoms with van der Waals surface area (Å²) in [5, 5.41) is 8.07.